The zero-order valence-corrected chi connectivity index (χ0v) is 10.3. The summed E-state index contributed by atoms with van der Waals surface area (Å²) < 4.78 is 0. The summed E-state index contributed by atoms with van der Waals surface area (Å²) in [5, 5.41) is 23.4. The number of hydrogen-bond acceptors (Lipinski definition) is 5. The van der Waals surface area contributed by atoms with Gasteiger partial charge in [0.15, 0.2) is 0 Å². The molecule has 0 spiro atoms. The van der Waals surface area contributed by atoms with Crippen LogP contribution < -0.4 is 5.32 Å². The van der Waals surface area contributed by atoms with E-state index in [1.807, 2.05) is 6.92 Å². The number of nitro benzene ring substituents is 1. The lowest BCUT2D eigenvalue weighted by atomic mass is 10.2. The van der Waals surface area contributed by atoms with Gasteiger partial charge in [-0.05, 0) is 19.1 Å². The number of nitriles is 1. The number of rotatable bonds is 3. The van der Waals surface area contributed by atoms with Gasteiger partial charge >= 0.3 is 0 Å². The van der Waals surface area contributed by atoms with Crippen molar-refractivity contribution >= 4 is 27.7 Å². The Kier molecular flexibility index (Phi) is 3.26. The summed E-state index contributed by atoms with van der Waals surface area (Å²) in [6.45, 7) is 1.89. The molecule has 0 bridgehead atoms. The van der Waals surface area contributed by atoms with Crippen molar-refractivity contribution in [1.82, 2.24) is 0 Å². The van der Waals surface area contributed by atoms with Gasteiger partial charge in [-0.15, -0.1) is 11.3 Å². The number of hydrogen-bond donors (Lipinski definition) is 1. The number of benzene rings is 1. The molecule has 0 aliphatic heterocycles. The first-order valence-electron chi connectivity index (χ1n) is 5.13. The molecule has 0 fully saturated rings. The van der Waals surface area contributed by atoms with Gasteiger partial charge in [-0.2, -0.15) is 5.26 Å². The predicted octanol–water partition coefficient (Wildman–Crippen LogP) is 3.58. The van der Waals surface area contributed by atoms with E-state index in [0.29, 0.717) is 16.3 Å². The summed E-state index contributed by atoms with van der Waals surface area (Å²) in [5.41, 5.74) is 0.879. The molecular formula is C12H9N3O2S. The van der Waals surface area contributed by atoms with Crippen LogP contribution in [0, 0.1) is 28.4 Å². The molecule has 0 saturated carbocycles. The van der Waals surface area contributed by atoms with E-state index in [1.165, 1.54) is 17.4 Å². The van der Waals surface area contributed by atoms with Crippen LogP contribution in [0.5, 0.6) is 0 Å². The lowest BCUT2D eigenvalue weighted by Crippen LogP contribution is -1.96. The van der Waals surface area contributed by atoms with Crippen molar-refractivity contribution in [3.63, 3.8) is 0 Å². The first-order chi connectivity index (χ1) is 8.61. The van der Waals surface area contributed by atoms with Gasteiger partial charge in [-0.1, -0.05) is 12.1 Å². The number of thiophene rings is 1. The Morgan fingerprint density at radius 3 is 2.83 bits per heavy atom. The molecule has 2 rings (SSSR count). The Hall–Kier alpha value is -2.39. The molecule has 2 aromatic rings. The molecule has 0 aliphatic carbocycles. The summed E-state index contributed by atoms with van der Waals surface area (Å²) in [6.07, 6.45) is 0. The topological polar surface area (TPSA) is 79.0 Å². The second kappa shape index (κ2) is 4.85. The minimum Gasteiger partial charge on any atom is -0.341 e. The van der Waals surface area contributed by atoms with Gasteiger partial charge in [-0.25, -0.2) is 0 Å². The summed E-state index contributed by atoms with van der Waals surface area (Å²) in [7, 11) is 0. The lowest BCUT2D eigenvalue weighted by Gasteiger charge is -2.04. The molecule has 1 N–H and O–H groups in total. The van der Waals surface area contributed by atoms with Crippen LogP contribution in [0.25, 0.3) is 0 Å². The van der Waals surface area contributed by atoms with E-state index < -0.39 is 4.92 Å². The minimum absolute atomic E-state index is 0.00700. The molecule has 1 aromatic heterocycles. The van der Waals surface area contributed by atoms with Crippen LogP contribution in [-0.4, -0.2) is 4.92 Å². The maximum atomic E-state index is 10.9. The highest BCUT2D eigenvalue weighted by Crippen LogP contribution is 2.33. The van der Waals surface area contributed by atoms with E-state index in [2.05, 4.69) is 11.4 Å². The monoisotopic (exact) mass is 259 g/mol. The molecule has 1 heterocycles. The molecule has 18 heavy (non-hydrogen) atoms. The maximum absolute atomic E-state index is 10.9. The fourth-order valence-electron chi connectivity index (χ4n) is 1.55. The third kappa shape index (κ3) is 2.31. The normalized spacial score (nSPS) is 9.78. The van der Waals surface area contributed by atoms with Crippen molar-refractivity contribution in [2.75, 3.05) is 5.32 Å². The van der Waals surface area contributed by atoms with Gasteiger partial charge in [-0.3, -0.25) is 10.1 Å². The highest BCUT2D eigenvalue weighted by molar-refractivity contribution is 7.16. The van der Waals surface area contributed by atoms with Crippen LogP contribution in [-0.2, 0) is 0 Å². The Bertz CT molecular complexity index is 643. The zero-order chi connectivity index (χ0) is 13.1. The number of anilines is 2. The van der Waals surface area contributed by atoms with Crippen molar-refractivity contribution in [3.05, 3.63) is 50.9 Å². The van der Waals surface area contributed by atoms with Crippen molar-refractivity contribution in [1.29, 1.82) is 5.26 Å². The largest absolute Gasteiger partial charge is 0.341 e. The SMILES string of the molecule is Cc1cc(C#N)c(Nc2ccccc2[N+](=O)[O-])s1. The Morgan fingerprint density at radius 1 is 1.44 bits per heavy atom. The van der Waals surface area contributed by atoms with Crippen molar-refractivity contribution in [2.45, 2.75) is 6.92 Å². The van der Waals surface area contributed by atoms with Gasteiger partial charge < -0.3 is 5.32 Å². The first-order valence-corrected chi connectivity index (χ1v) is 5.94. The van der Waals surface area contributed by atoms with E-state index in [9.17, 15) is 10.1 Å². The van der Waals surface area contributed by atoms with Gasteiger partial charge in [0.05, 0.1) is 10.5 Å². The molecule has 0 aliphatic rings. The zero-order valence-electron chi connectivity index (χ0n) is 9.51. The number of para-hydroxylation sites is 2. The molecule has 0 saturated heterocycles. The Morgan fingerprint density at radius 2 is 2.17 bits per heavy atom. The molecule has 90 valence electrons. The van der Waals surface area contributed by atoms with E-state index in [-0.39, 0.29) is 5.69 Å². The summed E-state index contributed by atoms with van der Waals surface area (Å²) in [5.74, 6) is 0. The average Bonchev–Trinajstić information content (AvgIpc) is 2.70. The van der Waals surface area contributed by atoms with E-state index in [4.69, 9.17) is 5.26 Å². The smallest absolute Gasteiger partial charge is 0.292 e. The Balaban J connectivity index is 2.40. The molecule has 6 heteroatoms. The van der Waals surface area contributed by atoms with Crippen LogP contribution in [0.3, 0.4) is 0 Å². The minimum atomic E-state index is -0.450. The van der Waals surface area contributed by atoms with Crippen molar-refractivity contribution in [2.24, 2.45) is 0 Å². The lowest BCUT2D eigenvalue weighted by molar-refractivity contribution is -0.383. The van der Waals surface area contributed by atoms with Crippen LogP contribution >= 0.6 is 11.3 Å². The number of nitro groups is 1. The van der Waals surface area contributed by atoms with Crippen LogP contribution in [0.15, 0.2) is 30.3 Å². The second-order valence-corrected chi connectivity index (χ2v) is 4.87. The van der Waals surface area contributed by atoms with E-state index >= 15 is 0 Å². The quantitative estimate of drug-likeness (QED) is 0.675. The highest BCUT2D eigenvalue weighted by Gasteiger charge is 2.15. The predicted molar refractivity (Wildman–Crippen MR) is 70.2 cm³/mol. The van der Waals surface area contributed by atoms with Crippen LogP contribution in [0.1, 0.15) is 10.4 Å². The van der Waals surface area contributed by atoms with Crippen molar-refractivity contribution in [3.8, 4) is 6.07 Å². The van der Waals surface area contributed by atoms with Gasteiger partial charge in [0.2, 0.25) is 0 Å². The fourth-order valence-corrected chi connectivity index (χ4v) is 2.43. The summed E-state index contributed by atoms with van der Waals surface area (Å²) in [6, 6.07) is 10.2. The van der Waals surface area contributed by atoms with Crippen LogP contribution in [0.4, 0.5) is 16.4 Å². The highest BCUT2D eigenvalue weighted by atomic mass is 32.1. The molecule has 0 atom stereocenters. The average molecular weight is 259 g/mol. The number of nitrogens with one attached hydrogen (secondary N) is 1. The van der Waals surface area contributed by atoms with E-state index in [0.717, 1.165) is 4.88 Å². The Labute approximate surface area is 107 Å². The maximum Gasteiger partial charge on any atom is 0.292 e. The number of aryl methyl sites for hydroxylation is 1. The summed E-state index contributed by atoms with van der Waals surface area (Å²) in [4.78, 5) is 11.4. The fraction of sp³-hybridized carbons (Fsp3) is 0.0833. The number of nitrogens with zero attached hydrogens (tertiary/aromatic N) is 2. The molecule has 0 amide bonds. The first kappa shape index (κ1) is 12.1. The van der Waals surface area contributed by atoms with Gasteiger partial charge in [0.25, 0.3) is 5.69 Å². The molecule has 0 radical (unpaired) electrons. The molecular weight excluding hydrogens is 250 g/mol. The molecule has 1 aromatic carbocycles. The molecule has 0 unspecified atom stereocenters. The van der Waals surface area contributed by atoms with Crippen molar-refractivity contribution < 1.29 is 4.92 Å². The second-order valence-electron chi connectivity index (χ2n) is 3.61. The standard InChI is InChI=1S/C12H9N3O2S/c1-8-6-9(7-13)12(18-8)14-10-4-2-3-5-11(10)15(16)17/h2-6,14H,1H3. The van der Waals surface area contributed by atoms with Crippen LogP contribution in [0.2, 0.25) is 0 Å². The van der Waals surface area contributed by atoms with E-state index in [1.54, 1.807) is 24.3 Å². The molecule has 5 nitrogen and oxygen atoms in total. The van der Waals surface area contributed by atoms with Gasteiger partial charge in [0.1, 0.15) is 16.8 Å². The summed E-state index contributed by atoms with van der Waals surface area (Å²) >= 11 is 1.40. The third-order valence-corrected chi connectivity index (χ3v) is 3.29. The third-order valence-electron chi connectivity index (χ3n) is 2.32. The van der Waals surface area contributed by atoms with Gasteiger partial charge in [0, 0.05) is 10.9 Å².